The van der Waals surface area contributed by atoms with Crippen LogP contribution in [0.25, 0.3) is 0 Å². The summed E-state index contributed by atoms with van der Waals surface area (Å²) < 4.78 is 19.7. The van der Waals surface area contributed by atoms with Gasteiger partial charge >= 0.3 is 0 Å². The Kier molecular flexibility index (Phi) is 4.35. The second-order valence-electron chi connectivity index (χ2n) is 4.39. The summed E-state index contributed by atoms with van der Waals surface area (Å²) in [7, 11) is 0. The molecule has 18 heavy (non-hydrogen) atoms. The normalized spacial score (nSPS) is 20.6. The molecule has 0 saturated carbocycles. The van der Waals surface area contributed by atoms with E-state index in [4.69, 9.17) is 4.74 Å². The molecule has 0 bridgehead atoms. The fourth-order valence-electron chi connectivity index (χ4n) is 2.02. The molecule has 1 aliphatic heterocycles. The molecule has 0 N–H and O–H groups in total. The SMILES string of the molecule is CC1CN(C(=O)c2cccc(Br)c2F)CCCO1. The summed E-state index contributed by atoms with van der Waals surface area (Å²) >= 11 is 3.10. The summed E-state index contributed by atoms with van der Waals surface area (Å²) in [6.07, 6.45) is 0.776. The number of carbonyl (C=O) groups is 1. The highest BCUT2D eigenvalue weighted by Gasteiger charge is 2.23. The molecule has 98 valence electrons. The van der Waals surface area contributed by atoms with E-state index in [1.165, 1.54) is 6.07 Å². The Morgan fingerprint density at radius 3 is 3.11 bits per heavy atom. The van der Waals surface area contributed by atoms with Crippen LogP contribution in [-0.4, -0.2) is 36.6 Å². The number of ether oxygens (including phenoxy) is 1. The van der Waals surface area contributed by atoms with E-state index in [9.17, 15) is 9.18 Å². The van der Waals surface area contributed by atoms with Crippen LogP contribution in [-0.2, 0) is 4.74 Å². The first-order chi connectivity index (χ1) is 8.59. The van der Waals surface area contributed by atoms with Crippen molar-refractivity contribution < 1.29 is 13.9 Å². The van der Waals surface area contributed by atoms with Crippen LogP contribution in [0.1, 0.15) is 23.7 Å². The zero-order chi connectivity index (χ0) is 13.1. The third-order valence-electron chi connectivity index (χ3n) is 2.92. The van der Waals surface area contributed by atoms with Gasteiger partial charge in [0.05, 0.1) is 16.1 Å². The van der Waals surface area contributed by atoms with Gasteiger partial charge in [-0.15, -0.1) is 0 Å². The van der Waals surface area contributed by atoms with Crippen molar-refractivity contribution in [3.05, 3.63) is 34.1 Å². The summed E-state index contributed by atoms with van der Waals surface area (Å²) in [6, 6.07) is 4.76. The predicted octanol–water partition coefficient (Wildman–Crippen LogP) is 2.84. The number of hydrogen-bond acceptors (Lipinski definition) is 2. The van der Waals surface area contributed by atoms with Gasteiger partial charge in [0.2, 0.25) is 0 Å². The highest BCUT2D eigenvalue weighted by molar-refractivity contribution is 9.10. The van der Waals surface area contributed by atoms with Crippen LogP contribution in [0.3, 0.4) is 0 Å². The van der Waals surface area contributed by atoms with Crippen molar-refractivity contribution in [2.75, 3.05) is 19.7 Å². The molecule has 1 fully saturated rings. The topological polar surface area (TPSA) is 29.5 Å². The van der Waals surface area contributed by atoms with Crippen molar-refractivity contribution in [1.29, 1.82) is 0 Å². The molecule has 1 aromatic carbocycles. The maximum absolute atomic E-state index is 13.9. The van der Waals surface area contributed by atoms with Crippen LogP contribution >= 0.6 is 15.9 Å². The van der Waals surface area contributed by atoms with Crippen LogP contribution in [0.5, 0.6) is 0 Å². The van der Waals surface area contributed by atoms with Gasteiger partial charge in [-0.1, -0.05) is 6.07 Å². The van der Waals surface area contributed by atoms with Gasteiger partial charge in [-0.2, -0.15) is 0 Å². The first kappa shape index (κ1) is 13.5. The largest absolute Gasteiger partial charge is 0.377 e. The Hall–Kier alpha value is -0.940. The maximum Gasteiger partial charge on any atom is 0.256 e. The molecular weight excluding hydrogens is 301 g/mol. The number of rotatable bonds is 1. The van der Waals surface area contributed by atoms with Gasteiger partial charge in [-0.05, 0) is 41.4 Å². The van der Waals surface area contributed by atoms with E-state index in [0.29, 0.717) is 24.2 Å². The number of hydrogen-bond donors (Lipinski definition) is 0. The summed E-state index contributed by atoms with van der Waals surface area (Å²) in [6.45, 7) is 3.68. The van der Waals surface area contributed by atoms with E-state index < -0.39 is 5.82 Å². The van der Waals surface area contributed by atoms with Gasteiger partial charge in [-0.3, -0.25) is 4.79 Å². The minimum Gasteiger partial charge on any atom is -0.377 e. The van der Waals surface area contributed by atoms with Gasteiger partial charge in [0, 0.05) is 19.7 Å². The van der Waals surface area contributed by atoms with Crippen LogP contribution in [0, 0.1) is 5.82 Å². The zero-order valence-corrected chi connectivity index (χ0v) is 11.7. The van der Waals surface area contributed by atoms with Gasteiger partial charge in [0.25, 0.3) is 5.91 Å². The van der Waals surface area contributed by atoms with Crippen LogP contribution in [0.4, 0.5) is 4.39 Å². The highest BCUT2D eigenvalue weighted by atomic mass is 79.9. The fraction of sp³-hybridized carbons (Fsp3) is 0.462. The lowest BCUT2D eigenvalue weighted by Crippen LogP contribution is -2.36. The highest BCUT2D eigenvalue weighted by Crippen LogP contribution is 2.20. The predicted molar refractivity (Wildman–Crippen MR) is 70.0 cm³/mol. The first-order valence-corrected chi connectivity index (χ1v) is 6.74. The maximum atomic E-state index is 13.9. The zero-order valence-electron chi connectivity index (χ0n) is 10.2. The van der Waals surface area contributed by atoms with Gasteiger partial charge in [0.1, 0.15) is 5.82 Å². The Balaban J connectivity index is 2.22. The van der Waals surface area contributed by atoms with Gasteiger partial charge in [0.15, 0.2) is 0 Å². The number of benzene rings is 1. The lowest BCUT2D eigenvalue weighted by Gasteiger charge is -2.22. The van der Waals surface area contributed by atoms with E-state index in [1.807, 2.05) is 6.92 Å². The molecular formula is C13H15BrFNO2. The van der Waals surface area contributed by atoms with Gasteiger partial charge < -0.3 is 9.64 Å². The third kappa shape index (κ3) is 2.90. The minimum absolute atomic E-state index is 0.00772. The molecule has 1 aromatic rings. The van der Waals surface area contributed by atoms with Crippen molar-refractivity contribution in [3.63, 3.8) is 0 Å². The fourth-order valence-corrected chi connectivity index (χ4v) is 2.38. The van der Waals surface area contributed by atoms with Crippen molar-refractivity contribution >= 4 is 21.8 Å². The van der Waals surface area contributed by atoms with Crippen LogP contribution in [0.15, 0.2) is 22.7 Å². The number of carbonyl (C=O) groups excluding carboxylic acids is 1. The first-order valence-electron chi connectivity index (χ1n) is 5.94. The molecule has 0 spiro atoms. The minimum atomic E-state index is -0.500. The van der Waals surface area contributed by atoms with E-state index in [0.717, 1.165) is 6.42 Å². The molecule has 1 atom stereocenters. The van der Waals surface area contributed by atoms with Crippen molar-refractivity contribution in [2.24, 2.45) is 0 Å². The summed E-state index contributed by atoms with van der Waals surface area (Å²) in [5.74, 6) is -0.772. The average molecular weight is 316 g/mol. The Labute approximate surface area is 114 Å². The monoisotopic (exact) mass is 315 g/mol. The molecule has 1 unspecified atom stereocenters. The Morgan fingerprint density at radius 2 is 2.33 bits per heavy atom. The standard InChI is InChI=1S/C13H15BrFNO2/c1-9-8-16(6-3-7-18-9)13(17)10-4-2-5-11(14)12(10)15/h2,4-5,9H,3,6-8H2,1H3. The summed E-state index contributed by atoms with van der Waals surface area (Å²) in [5.41, 5.74) is 0.110. The van der Waals surface area contributed by atoms with E-state index in [1.54, 1.807) is 17.0 Å². The molecule has 5 heteroatoms. The molecule has 0 aliphatic carbocycles. The molecule has 0 aromatic heterocycles. The lowest BCUT2D eigenvalue weighted by atomic mass is 10.1. The Bertz CT molecular complexity index is 453. The number of nitrogens with zero attached hydrogens (tertiary/aromatic N) is 1. The smallest absolute Gasteiger partial charge is 0.256 e. The summed E-state index contributed by atoms with van der Waals surface area (Å²) in [4.78, 5) is 13.9. The number of halogens is 2. The molecule has 0 radical (unpaired) electrons. The Morgan fingerprint density at radius 1 is 1.56 bits per heavy atom. The number of amides is 1. The second kappa shape index (κ2) is 5.80. The molecule has 3 nitrogen and oxygen atoms in total. The van der Waals surface area contributed by atoms with Crippen molar-refractivity contribution in [3.8, 4) is 0 Å². The van der Waals surface area contributed by atoms with Gasteiger partial charge in [-0.25, -0.2) is 4.39 Å². The molecule has 2 rings (SSSR count). The molecule has 1 amide bonds. The third-order valence-corrected chi connectivity index (χ3v) is 3.53. The van der Waals surface area contributed by atoms with Crippen molar-refractivity contribution in [1.82, 2.24) is 4.90 Å². The van der Waals surface area contributed by atoms with Crippen LogP contribution in [0.2, 0.25) is 0 Å². The molecule has 1 aliphatic rings. The molecule has 1 saturated heterocycles. The average Bonchev–Trinajstić information content (AvgIpc) is 2.56. The van der Waals surface area contributed by atoms with Crippen LogP contribution < -0.4 is 0 Å². The summed E-state index contributed by atoms with van der Waals surface area (Å²) in [5, 5.41) is 0. The van der Waals surface area contributed by atoms with E-state index in [2.05, 4.69) is 15.9 Å². The lowest BCUT2D eigenvalue weighted by molar-refractivity contribution is 0.0560. The molecule has 1 heterocycles. The van der Waals surface area contributed by atoms with E-state index in [-0.39, 0.29) is 17.6 Å². The van der Waals surface area contributed by atoms with Crippen molar-refractivity contribution in [2.45, 2.75) is 19.4 Å². The van der Waals surface area contributed by atoms with E-state index >= 15 is 0 Å². The second-order valence-corrected chi connectivity index (χ2v) is 5.24. The quantitative estimate of drug-likeness (QED) is 0.797.